The molecular formula is C19H22FNO2. The third-order valence-corrected chi connectivity index (χ3v) is 3.98. The molecule has 4 heteroatoms. The summed E-state index contributed by atoms with van der Waals surface area (Å²) in [6.07, 6.45) is 2.64. The van der Waals surface area contributed by atoms with Crippen LogP contribution in [0.3, 0.4) is 0 Å². The molecule has 0 aliphatic carbocycles. The number of ether oxygens (including phenoxy) is 2. The number of hydrogen-bond donors (Lipinski definition) is 1. The highest BCUT2D eigenvalue weighted by atomic mass is 19.1. The highest BCUT2D eigenvalue weighted by Gasteiger charge is 2.14. The Morgan fingerprint density at radius 1 is 1.17 bits per heavy atom. The summed E-state index contributed by atoms with van der Waals surface area (Å²) < 4.78 is 24.9. The lowest BCUT2D eigenvalue weighted by atomic mass is 10.2. The van der Waals surface area contributed by atoms with Gasteiger partial charge in [0.2, 0.25) is 0 Å². The Morgan fingerprint density at radius 3 is 2.91 bits per heavy atom. The lowest BCUT2D eigenvalue weighted by Gasteiger charge is -2.12. The van der Waals surface area contributed by atoms with Crippen LogP contribution >= 0.6 is 0 Å². The van der Waals surface area contributed by atoms with Gasteiger partial charge in [0, 0.05) is 25.3 Å². The monoisotopic (exact) mass is 315 g/mol. The second kappa shape index (κ2) is 8.09. The summed E-state index contributed by atoms with van der Waals surface area (Å²) in [5.41, 5.74) is 1.71. The van der Waals surface area contributed by atoms with Crippen molar-refractivity contribution in [1.82, 2.24) is 5.32 Å². The molecule has 3 rings (SSSR count). The third-order valence-electron chi connectivity index (χ3n) is 3.98. The quantitative estimate of drug-likeness (QED) is 0.845. The second-order valence-electron chi connectivity index (χ2n) is 5.79. The van der Waals surface area contributed by atoms with Crippen LogP contribution in [0.15, 0.2) is 48.5 Å². The Balaban J connectivity index is 1.49. The standard InChI is InChI=1S/C19H22FNO2/c20-19-9-2-1-6-16(19)14-23-17-7-3-5-15(11-17)12-21-13-18-8-4-10-22-18/h1-3,5-7,9,11,18,21H,4,8,10,12-14H2/t18-/m0/s1. The number of benzene rings is 2. The Morgan fingerprint density at radius 2 is 2.09 bits per heavy atom. The minimum absolute atomic E-state index is 0.234. The maximum Gasteiger partial charge on any atom is 0.129 e. The SMILES string of the molecule is Fc1ccccc1COc1cccc(CNC[C@@H]2CCCO2)c1. The Labute approximate surface area is 136 Å². The van der Waals surface area contributed by atoms with E-state index in [0.717, 1.165) is 43.9 Å². The van der Waals surface area contributed by atoms with E-state index >= 15 is 0 Å². The first-order valence-corrected chi connectivity index (χ1v) is 8.09. The molecule has 2 aromatic carbocycles. The fourth-order valence-electron chi connectivity index (χ4n) is 2.70. The van der Waals surface area contributed by atoms with Crippen molar-refractivity contribution < 1.29 is 13.9 Å². The van der Waals surface area contributed by atoms with Crippen LogP contribution in [0.25, 0.3) is 0 Å². The van der Waals surface area contributed by atoms with Crippen molar-refractivity contribution >= 4 is 0 Å². The summed E-state index contributed by atoms with van der Waals surface area (Å²) in [6.45, 7) is 2.77. The molecule has 2 aromatic rings. The average Bonchev–Trinajstić information content (AvgIpc) is 3.08. The minimum Gasteiger partial charge on any atom is -0.489 e. The molecule has 3 nitrogen and oxygen atoms in total. The van der Waals surface area contributed by atoms with Crippen molar-refractivity contribution in [2.45, 2.75) is 32.1 Å². The van der Waals surface area contributed by atoms with E-state index in [2.05, 4.69) is 11.4 Å². The number of rotatable bonds is 7. The van der Waals surface area contributed by atoms with Crippen molar-refractivity contribution in [2.24, 2.45) is 0 Å². The largest absolute Gasteiger partial charge is 0.489 e. The minimum atomic E-state index is -0.234. The van der Waals surface area contributed by atoms with E-state index in [4.69, 9.17) is 9.47 Å². The van der Waals surface area contributed by atoms with E-state index in [1.165, 1.54) is 6.07 Å². The summed E-state index contributed by atoms with van der Waals surface area (Å²) in [7, 11) is 0. The predicted molar refractivity (Wildman–Crippen MR) is 87.9 cm³/mol. The van der Waals surface area contributed by atoms with Gasteiger partial charge in [0.25, 0.3) is 0 Å². The molecule has 0 unspecified atom stereocenters. The molecule has 1 fully saturated rings. The van der Waals surface area contributed by atoms with Crippen LogP contribution in [0.5, 0.6) is 5.75 Å². The van der Waals surface area contributed by atoms with Crippen LogP contribution < -0.4 is 10.1 Å². The molecule has 0 saturated carbocycles. The fourth-order valence-corrected chi connectivity index (χ4v) is 2.70. The van der Waals surface area contributed by atoms with E-state index in [1.54, 1.807) is 12.1 Å². The maximum atomic E-state index is 13.6. The molecule has 1 aliphatic heterocycles. The smallest absolute Gasteiger partial charge is 0.129 e. The molecule has 23 heavy (non-hydrogen) atoms. The lowest BCUT2D eigenvalue weighted by Crippen LogP contribution is -2.25. The van der Waals surface area contributed by atoms with Gasteiger partial charge < -0.3 is 14.8 Å². The maximum absolute atomic E-state index is 13.6. The highest BCUT2D eigenvalue weighted by Crippen LogP contribution is 2.17. The lowest BCUT2D eigenvalue weighted by molar-refractivity contribution is 0.110. The zero-order chi connectivity index (χ0) is 15.9. The average molecular weight is 315 g/mol. The number of halogens is 1. The highest BCUT2D eigenvalue weighted by molar-refractivity contribution is 5.29. The summed E-state index contributed by atoms with van der Waals surface area (Å²) in [6, 6.07) is 14.6. The van der Waals surface area contributed by atoms with Crippen LogP contribution in [-0.2, 0) is 17.9 Å². The molecular weight excluding hydrogens is 293 g/mol. The van der Waals surface area contributed by atoms with Gasteiger partial charge in [-0.15, -0.1) is 0 Å². The Hall–Kier alpha value is -1.91. The van der Waals surface area contributed by atoms with Crippen LogP contribution in [0.2, 0.25) is 0 Å². The summed E-state index contributed by atoms with van der Waals surface area (Å²) >= 11 is 0. The Bertz CT molecular complexity index is 626. The molecule has 0 spiro atoms. The van der Waals surface area contributed by atoms with Crippen molar-refractivity contribution in [3.63, 3.8) is 0 Å². The molecule has 1 saturated heterocycles. The van der Waals surface area contributed by atoms with Crippen molar-refractivity contribution in [2.75, 3.05) is 13.2 Å². The van der Waals surface area contributed by atoms with Crippen LogP contribution in [-0.4, -0.2) is 19.3 Å². The topological polar surface area (TPSA) is 30.5 Å². The Kier molecular flexibility index (Phi) is 5.61. The predicted octanol–water partition coefficient (Wildman–Crippen LogP) is 3.67. The van der Waals surface area contributed by atoms with E-state index < -0.39 is 0 Å². The van der Waals surface area contributed by atoms with Gasteiger partial charge in [-0.2, -0.15) is 0 Å². The summed E-state index contributed by atoms with van der Waals surface area (Å²) in [5, 5.41) is 3.41. The molecule has 0 aromatic heterocycles. The van der Waals surface area contributed by atoms with Gasteiger partial charge in [-0.1, -0.05) is 30.3 Å². The van der Waals surface area contributed by atoms with E-state index in [9.17, 15) is 4.39 Å². The van der Waals surface area contributed by atoms with E-state index in [-0.39, 0.29) is 12.4 Å². The zero-order valence-corrected chi connectivity index (χ0v) is 13.1. The van der Waals surface area contributed by atoms with Crippen molar-refractivity contribution in [3.8, 4) is 5.75 Å². The number of nitrogens with one attached hydrogen (secondary N) is 1. The van der Waals surface area contributed by atoms with Crippen LogP contribution in [0.1, 0.15) is 24.0 Å². The summed E-state index contributed by atoms with van der Waals surface area (Å²) in [5.74, 6) is 0.520. The molecule has 0 bridgehead atoms. The summed E-state index contributed by atoms with van der Waals surface area (Å²) in [4.78, 5) is 0. The first-order valence-electron chi connectivity index (χ1n) is 8.09. The first kappa shape index (κ1) is 16.0. The van der Waals surface area contributed by atoms with Gasteiger partial charge in [0.1, 0.15) is 18.2 Å². The fraction of sp³-hybridized carbons (Fsp3) is 0.368. The zero-order valence-electron chi connectivity index (χ0n) is 13.1. The normalized spacial score (nSPS) is 17.3. The van der Waals surface area contributed by atoms with Gasteiger partial charge in [-0.3, -0.25) is 0 Å². The first-order chi connectivity index (χ1) is 11.3. The van der Waals surface area contributed by atoms with Gasteiger partial charge in [0.15, 0.2) is 0 Å². The van der Waals surface area contributed by atoms with Gasteiger partial charge in [-0.25, -0.2) is 4.39 Å². The molecule has 0 amide bonds. The second-order valence-corrected chi connectivity index (χ2v) is 5.79. The molecule has 1 heterocycles. The van der Waals surface area contributed by atoms with Crippen molar-refractivity contribution in [1.29, 1.82) is 0 Å². The molecule has 1 aliphatic rings. The van der Waals surface area contributed by atoms with Gasteiger partial charge >= 0.3 is 0 Å². The molecule has 1 atom stereocenters. The van der Waals surface area contributed by atoms with Crippen molar-refractivity contribution in [3.05, 3.63) is 65.5 Å². The van der Waals surface area contributed by atoms with Gasteiger partial charge in [-0.05, 0) is 36.6 Å². The van der Waals surface area contributed by atoms with Crippen LogP contribution in [0.4, 0.5) is 4.39 Å². The molecule has 122 valence electrons. The van der Waals surface area contributed by atoms with Gasteiger partial charge in [0.05, 0.1) is 6.10 Å². The third kappa shape index (κ3) is 4.78. The van der Waals surface area contributed by atoms with E-state index in [1.807, 2.05) is 24.3 Å². The van der Waals surface area contributed by atoms with E-state index in [0.29, 0.717) is 11.7 Å². The molecule has 1 N–H and O–H groups in total. The molecule has 0 radical (unpaired) electrons. The number of hydrogen-bond acceptors (Lipinski definition) is 3. The van der Waals surface area contributed by atoms with Crippen LogP contribution in [0, 0.1) is 5.82 Å².